The molecule has 0 bridgehead atoms. The van der Waals surface area contributed by atoms with Gasteiger partial charge in [-0.1, -0.05) is 22.0 Å². The fourth-order valence-electron chi connectivity index (χ4n) is 1.54. The van der Waals surface area contributed by atoms with E-state index in [1.165, 1.54) is 0 Å². The van der Waals surface area contributed by atoms with Crippen LogP contribution in [-0.4, -0.2) is 12.0 Å². The number of benzene rings is 1. The summed E-state index contributed by atoms with van der Waals surface area (Å²) in [5, 5.41) is 0. The first kappa shape index (κ1) is 9.52. The van der Waals surface area contributed by atoms with E-state index in [4.69, 9.17) is 10.5 Å². The van der Waals surface area contributed by atoms with Gasteiger partial charge in [-0.15, -0.1) is 0 Å². The fraction of sp³-hybridized carbons (Fsp3) is 0.300. The van der Waals surface area contributed by atoms with Crippen LogP contribution in [0, 0.1) is 0 Å². The first-order chi connectivity index (χ1) is 6.66. The maximum Gasteiger partial charge on any atom is 0.258 e. The van der Waals surface area contributed by atoms with E-state index in [0.29, 0.717) is 6.42 Å². The molecule has 74 valence electrons. The van der Waals surface area contributed by atoms with Crippen LogP contribution in [0.25, 0.3) is 0 Å². The van der Waals surface area contributed by atoms with Crippen LogP contribution < -0.4 is 10.5 Å². The van der Waals surface area contributed by atoms with E-state index in [0.717, 1.165) is 22.2 Å². The first-order valence-corrected chi connectivity index (χ1v) is 5.20. The van der Waals surface area contributed by atoms with Crippen molar-refractivity contribution in [3.05, 3.63) is 28.2 Å². The predicted molar refractivity (Wildman–Crippen MR) is 56.1 cm³/mol. The molecule has 0 radical (unpaired) electrons. The van der Waals surface area contributed by atoms with Crippen LogP contribution in [0.3, 0.4) is 0 Å². The van der Waals surface area contributed by atoms with Gasteiger partial charge in [0.2, 0.25) is 0 Å². The van der Waals surface area contributed by atoms with Crippen molar-refractivity contribution >= 4 is 21.8 Å². The quantitative estimate of drug-likeness (QED) is 0.830. The minimum Gasteiger partial charge on any atom is -0.480 e. The van der Waals surface area contributed by atoms with E-state index < -0.39 is 12.0 Å². The second kappa shape index (κ2) is 3.61. The van der Waals surface area contributed by atoms with E-state index >= 15 is 0 Å². The van der Waals surface area contributed by atoms with Crippen LogP contribution in [0.15, 0.2) is 22.7 Å². The zero-order chi connectivity index (χ0) is 10.1. The number of hydrogen-bond acceptors (Lipinski definition) is 2. The molecule has 2 rings (SSSR count). The summed E-state index contributed by atoms with van der Waals surface area (Å²) in [6, 6.07) is 5.83. The van der Waals surface area contributed by atoms with E-state index in [2.05, 4.69) is 15.9 Å². The zero-order valence-electron chi connectivity index (χ0n) is 7.50. The summed E-state index contributed by atoms with van der Waals surface area (Å²) in [5.74, 6) is 0.366. The third-order valence-electron chi connectivity index (χ3n) is 2.29. The van der Waals surface area contributed by atoms with Gasteiger partial charge in [0, 0.05) is 4.47 Å². The Morgan fingerprint density at radius 2 is 2.36 bits per heavy atom. The number of rotatable bonds is 1. The van der Waals surface area contributed by atoms with Crippen LogP contribution >= 0.6 is 15.9 Å². The minimum absolute atomic E-state index is 0.393. The molecule has 14 heavy (non-hydrogen) atoms. The standard InChI is InChI=1S/C10H10BrNO2/c11-7-3-1-6-2-4-8(10(12)13)14-9(6)5-7/h1,3,5,8H,2,4H2,(H2,12,13). The lowest BCUT2D eigenvalue weighted by molar-refractivity contribution is -0.125. The number of carbonyl (C=O) groups excluding carboxylic acids is 1. The van der Waals surface area contributed by atoms with Gasteiger partial charge < -0.3 is 10.5 Å². The molecular weight excluding hydrogens is 246 g/mol. The number of nitrogens with two attached hydrogens (primary N) is 1. The molecule has 1 aromatic carbocycles. The molecule has 4 heteroatoms. The van der Waals surface area contributed by atoms with E-state index in [1.54, 1.807) is 0 Å². The maximum absolute atomic E-state index is 10.9. The minimum atomic E-state index is -0.475. The highest BCUT2D eigenvalue weighted by atomic mass is 79.9. The monoisotopic (exact) mass is 255 g/mol. The third kappa shape index (κ3) is 1.75. The number of amides is 1. The number of primary amides is 1. The first-order valence-electron chi connectivity index (χ1n) is 4.41. The summed E-state index contributed by atoms with van der Waals surface area (Å²) >= 11 is 3.35. The Balaban J connectivity index is 2.29. The Labute approximate surface area is 90.4 Å². The maximum atomic E-state index is 10.9. The van der Waals surface area contributed by atoms with Crippen LogP contribution in [0.1, 0.15) is 12.0 Å². The van der Waals surface area contributed by atoms with Crippen LogP contribution in [0.5, 0.6) is 5.75 Å². The second-order valence-electron chi connectivity index (χ2n) is 3.30. The van der Waals surface area contributed by atoms with Crippen molar-refractivity contribution < 1.29 is 9.53 Å². The molecule has 1 atom stereocenters. The molecule has 1 aliphatic heterocycles. The number of hydrogen-bond donors (Lipinski definition) is 1. The fourth-order valence-corrected chi connectivity index (χ4v) is 1.88. The molecule has 0 aliphatic carbocycles. The lowest BCUT2D eigenvalue weighted by atomic mass is 10.0. The van der Waals surface area contributed by atoms with E-state index in [-0.39, 0.29) is 0 Å². The largest absolute Gasteiger partial charge is 0.480 e. The Kier molecular flexibility index (Phi) is 2.46. The van der Waals surface area contributed by atoms with Gasteiger partial charge in [-0.2, -0.15) is 0 Å². The number of fused-ring (bicyclic) bond motifs is 1. The van der Waals surface area contributed by atoms with Gasteiger partial charge in [0.15, 0.2) is 6.10 Å². The van der Waals surface area contributed by atoms with Crippen molar-refractivity contribution in [2.45, 2.75) is 18.9 Å². The normalized spacial score (nSPS) is 19.6. The Bertz CT molecular complexity index is 378. The number of halogens is 1. The molecule has 1 amide bonds. The zero-order valence-corrected chi connectivity index (χ0v) is 9.08. The van der Waals surface area contributed by atoms with Crippen LogP contribution in [0.4, 0.5) is 0 Å². The van der Waals surface area contributed by atoms with Crippen molar-refractivity contribution in [3.8, 4) is 5.75 Å². The van der Waals surface area contributed by atoms with Gasteiger partial charge in [0.05, 0.1) is 0 Å². The number of ether oxygens (including phenoxy) is 1. The van der Waals surface area contributed by atoms with Gasteiger partial charge in [0.1, 0.15) is 5.75 Å². The van der Waals surface area contributed by atoms with Crippen molar-refractivity contribution in [1.82, 2.24) is 0 Å². The Hall–Kier alpha value is -1.03. The molecule has 2 N–H and O–H groups in total. The lowest BCUT2D eigenvalue weighted by Crippen LogP contribution is -2.36. The highest BCUT2D eigenvalue weighted by Crippen LogP contribution is 2.30. The van der Waals surface area contributed by atoms with Gasteiger partial charge in [-0.05, 0) is 30.5 Å². The second-order valence-corrected chi connectivity index (χ2v) is 4.22. The van der Waals surface area contributed by atoms with Gasteiger partial charge >= 0.3 is 0 Å². The molecule has 0 fully saturated rings. The van der Waals surface area contributed by atoms with Gasteiger partial charge in [-0.3, -0.25) is 4.79 Å². The third-order valence-corrected chi connectivity index (χ3v) is 2.78. The average molecular weight is 256 g/mol. The predicted octanol–water partition coefficient (Wildman–Crippen LogP) is 1.63. The summed E-state index contributed by atoms with van der Waals surface area (Å²) < 4.78 is 6.42. The van der Waals surface area contributed by atoms with E-state index in [9.17, 15) is 4.79 Å². The SMILES string of the molecule is NC(=O)C1CCc2ccc(Br)cc2O1. The topological polar surface area (TPSA) is 52.3 Å². The summed E-state index contributed by atoms with van der Waals surface area (Å²) in [5.41, 5.74) is 6.32. The van der Waals surface area contributed by atoms with Crippen molar-refractivity contribution in [2.75, 3.05) is 0 Å². The summed E-state index contributed by atoms with van der Waals surface area (Å²) in [6.07, 6.45) is 1.04. The number of carbonyl (C=O) groups is 1. The lowest BCUT2D eigenvalue weighted by Gasteiger charge is -2.23. The highest BCUT2D eigenvalue weighted by molar-refractivity contribution is 9.10. The molecule has 1 aromatic rings. The van der Waals surface area contributed by atoms with Crippen molar-refractivity contribution in [3.63, 3.8) is 0 Å². The molecule has 0 saturated carbocycles. The molecule has 1 heterocycles. The molecule has 1 unspecified atom stereocenters. The van der Waals surface area contributed by atoms with E-state index in [1.807, 2.05) is 18.2 Å². The van der Waals surface area contributed by atoms with Crippen molar-refractivity contribution in [1.29, 1.82) is 0 Å². The summed E-state index contributed by atoms with van der Waals surface area (Å²) in [4.78, 5) is 10.9. The molecule has 0 aromatic heterocycles. The summed E-state index contributed by atoms with van der Waals surface area (Å²) in [7, 11) is 0. The Morgan fingerprint density at radius 3 is 3.07 bits per heavy atom. The van der Waals surface area contributed by atoms with Crippen molar-refractivity contribution in [2.24, 2.45) is 5.73 Å². The van der Waals surface area contributed by atoms with Gasteiger partial charge in [-0.25, -0.2) is 0 Å². The average Bonchev–Trinajstić information content (AvgIpc) is 2.16. The van der Waals surface area contributed by atoms with Crippen LogP contribution in [0.2, 0.25) is 0 Å². The molecule has 3 nitrogen and oxygen atoms in total. The Morgan fingerprint density at radius 1 is 1.57 bits per heavy atom. The highest BCUT2D eigenvalue weighted by Gasteiger charge is 2.23. The number of aryl methyl sites for hydroxylation is 1. The molecular formula is C10H10BrNO2. The molecule has 0 spiro atoms. The molecule has 0 saturated heterocycles. The smallest absolute Gasteiger partial charge is 0.258 e. The van der Waals surface area contributed by atoms with Gasteiger partial charge in [0.25, 0.3) is 5.91 Å². The van der Waals surface area contributed by atoms with Crippen LogP contribution in [-0.2, 0) is 11.2 Å². The summed E-state index contributed by atoms with van der Waals surface area (Å²) in [6.45, 7) is 0. The molecule has 1 aliphatic rings.